The molecule has 76 valence electrons. The molecule has 0 bridgehead atoms. The van der Waals surface area contributed by atoms with Gasteiger partial charge in [-0.25, -0.2) is 13.1 Å². The van der Waals surface area contributed by atoms with Gasteiger partial charge in [0.25, 0.3) is 0 Å². The van der Waals surface area contributed by atoms with Crippen LogP contribution in [-0.4, -0.2) is 26.1 Å². The Morgan fingerprint density at radius 1 is 1.54 bits per heavy atom. The van der Waals surface area contributed by atoms with Crippen molar-refractivity contribution in [3.63, 3.8) is 0 Å². The smallest absolute Gasteiger partial charge is 0.212 e. The van der Waals surface area contributed by atoms with Crippen LogP contribution in [0.5, 0.6) is 0 Å². The van der Waals surface area contributed by atoms with Crippen molar-refractivity contribution < 1.29 is 8.42 Å². The number of unbranched alkanes of at least 4 members (excludes halogenated alkanes) is 1. The number of alkyl halides is 1. The maximum Gasteiger partial charge on any atom is 0.212 e. The second-order valence-electron chi connectivity index (χ2n) is 2.72. The largest absolute Gasteiger partial charge is 0.212 e. The highest BCUT2D eigenvalue weighted by Gasteiger charge is 2.11. The highest BCUT2D eigenvalue weighted by molar-refractivity contribution is 7.89. The van der Waals surface area contributed by atoms with Crippen molar-refractivity contribution in [2.24, 2.45) is 0 Å². The highest BCUT2D eigenvalue weighted by Crippen LogP contribution is 1.97. The summed E-state index contributed by atoms with van der Waals surface area (Å²) >= 11 is 5.42. The fourth-order valence-electron chi connectivity index (χ4n) is 0.749. The Bertz CT molecular complexity index is 268. The number of nitrogens with one attached hydrogen (secondary N) is 1. The minimum atomic E-state index is -3.22. The van der Waals surface area contributed by atoms with E-state index in [-0.39, 0.29) is 5.75 Å². The maximum absolute atomic E-state index is 11.2. The number of hydrogen-bond donors (Lipinski definition) is 1. The average Bonchev–Trinajstić information content (AvgIpc) is 2.03. The Morgan fingerprint density at radius 3 is 2.62 bits per heavy atom. The SMILES string of the molecule is C#CC(C)NS(=O)(=O)CCCCCl. The minimum absolute atomic E-state index is 0.0890. The van der Waals surface area contributed by atoms with Crippen molar-refractivity contribution in [3.05, 3.63) is 0 Å². The first-order valence-corrected chi connectivity index (χ1v) is 6.22. The zero-order valence-corrected chi connectivity index (χ0v) is 9.16. The van der Waals surface area contributed by atoms with Gasteiger partial charge < -0.3 is 0 Å². The molecule has 0 aliphatic rings. The summed E-state index contributed by atoms with van der Waals surface area (Å²) in [6, 6.07) is -0.444. The van der Waals surface area contributed by atoms with Crippen LogP contribution < -0.4 is 4.72 Å². The summed E-state index contributed by atoms with van der Waals surface area (Å²) < 4.78 is 24.8. The second-order valence-corrected chi connectivity index (χ2v) is 4.97. The number of sulfonamides is 1. The van der Waals surface area contributed by atoms with Crippen molar-refractivity contribution in [2.75, 3.05) is 11.6 Å². The van der Waals surface area contributed by atoms with Crippen LogP contribution in [0, 0.1) is 12.3 Å². The fourth-order valence-corrected chi connectivity index (χ4v) is 2.25. The molecule has 0 aromatic rings. The summed E-state index contributed by atoms with van der Waals surface area (Å²) in [5, 5.41) is 0. The van der Waals surface area contributed by atoms with Crippen molar-refractivity contribution in [2.45, 2.75) is 25.8 Å². The van der Waals surface area contributed by atoms with Crippen molar-refractivity contribution in [1.82, 2.24) is 4.72 Å². The van der Waals surface area contributed by atoms with Gasteiger partial charge in [0.15, 0.2) is 0 Å². The fraction of sp³-hybridized carbons (Fsp3) is 0.750. The van der Waals surface area contributed by atoms with Crippen LogP contribution in [0.1, 0.15) is 19.8 Å². The predicted molar refractivity (Wildman–Crippen MR) is 55.2 cm³/mol. The Balaban J connectivity index is 3.89. The standard InChI is InChI=1S/C8H14ClNO2S/c1-3-8(2)10-13(11,12)7-5-4-6-9/h1,8,10H,4-7H2,2H3. The van der Waals surface area contributed by atoms with Gasteiger partial charge in [0, 0.05) is 5.88 Å². The summed E-state index contributed by atoms with van der Waals surface area (Å²) in [5.41, 5.74) is 0. The predicted octanol–water partition coefficient (Wildman–Crippen LogP) is 0.946. The third-order valence-electron chi connectivity index (χ3n) is 1.40. The number of halogens is 1. The van der Waals surface area contributed by atoms with Crippen molar-refractivity contribution in [3.8, 4) is 12.3 Å². The van der Waals surface area contributed by atoms with E-state index in [1.165, 1.54) is 0 Å². The molecule has 0 aromatic carbocycles. The van der Waals surface area contributed by atoms with Crippen LogP contribution in [0.15, 0.2) is 0 Å². The Labute approximate surface area is 84.9 Å². The van der Waals surface area contributed by atoms with E-state index in [4.69, 9.17) is 18.0 Å². The van der Waals surface area contributed by atoms with Crippen LogP contribution >= 0.6 is 11.6 Å². The van der Waals surface area contributed by atoms with Gasteiger partial charge in [-0.3, -0.25) is 0 Å². The summed E-state index contributed by atoms with van der Waals surface area (Å²) in [4.78, 5) is 0. The van der Waals surface area contributed by atoms with Gasteiger partial charge in [-0.05, 0) is 19.8 Å². The zero-order chi connectivity index (χ0) is 10.3. The van der Waals surface area contributed by atoms with Crippen LogP contribution in [0.25, 0.3) is 0 Å². The first kappa shape index (κ1) is 12.8. The lowest BCUT2D eigenvalue weighted by atomic mass is 10.4. The van der Waals surface area contributed by atoms with Crippen molar-refractivity contribution >= 4 is 21.6 Å². The van der Waals surface area contributed by atoms with Gasteiger partial charge in [-0.1, -0.05) is 5.92 Å². The highest BCUT2D eigenvalue weighted by atomic mass is 35.5. The molecule has 0 rings (SSSR count). The zero-order valence-electron chi connectivity index (χ0n) is 7.59. The molecule has 0 saturated carbocycles. The molecule has 0 aliphatic carbocycles. The molecular weight excluding hydrogens is 210 g/mol. The van der Waals surface area contributed by atoms with Gasteiger partial charge in [0.05, 0.1) is 11.8 Å². The van der Waals surface area contributed by atoms with E-state index >= 15 is 0 Å². The topological polar surface area (TPSA) is 46.2 Å². The number of rotatable bonds is 6. The van der Waals surface area contributed by atoms with E-state index in [1.54, 1.807) is 6.92 Å². The van der Waals surface area contributed by atoms with E-state index in [9.17, 15) is 8.42 Å². The molecule has 0 fully saturated rings. The quantitative estimate of drug-likeness (QED) is 0.414. The van der Waals surface area contributed by atoms with Gasteiger partial charge >= 0.3 is 0 Å². The van der Waals surface area contributed by atoms with E-state index < -0.39 is 16.1 Å². The normalized spacial score (nSPS) is 13.6. The molecule has 0 saturated heterocycles. The molecular formula is C8H14ClNO2S. The van der Waals surface area contributed by atoms with Gasteiger partial charge in [-0.15, -0.1) is 18.0 Å². The molecule has 3 nitrogen and oxygen atoms in total. The lowest BCUT2D eigenvalue weighted by Crippen LogP contribution is -2.33. The van der Waals surface area contributed by atoms with Gasteiger partial charge in [0.1, 0.15) is 0 Å². The Kier molecular flexibility index (Phi) is 6.13. The lowest BCUT2D eigenvalue weighted by molar-refractivity contribution is 0.574. The molecule has 1 atom stereocenters. The third kappa shape index (κ3) is 6.88. The van der Waals surface area contributed by atoms with Gasteiger partial charge in [0.2, 0.25) is 10.0 Å². The molecule has 13 heavy (non-hydrogen) atoms. The number of terminal acetylenes is 1. The van der Waals surface area contributed by atoms with E-state index in [1.807, 2.05) is 0 Å². The van der Waals surface area contributed by atoms with Crippen LogP contribution in [0.4, 0.5) is 0 Å². The molecule has 0 heterocycles. The second kappa shape index (κ2) is 6.25. The molecule has 0 radical (unpaired) electrons. The first-order valence-electron chi connectivity index (χ1n) is 4.04. The van der Waals surface area contributed by atoms with E-state index in [0.29, 0.717) is 18.7 Å². The summed E-state index contributed by atoms with van der Waals surface area (Å²) in [6.07, 6.45) is 6.30. The molecule has 0 amide bonds. The van der Waals surface area contributed by atoms with Gasteiger partial charge in [-0.2, -0.15) is 0 Å². The van der Waals surface area contributed by atoms with Crippen LogP contribution in [0.2, 0.25) is 0 Å². The lowest BCUT2D eigenvalue weighted by Gasteiger charge is -2.07. The average molecular weight is 224 g/mol. The van der Waals surface area contributed by atoms with E-state index in [2.05, 4.69) is 10.6 Å². The third-order valence-corrected chi connectivity index (χ3v) is 3.21. The minimum Gasteiger partial charge on any atom is -0.212 e. The molecule has 1 unspecified atom stereocenters. The summed E-state index contributed by atoms with van der Waals surface area (Å²) in [6.45, 7) is 1.62. The maximum atomic E-state index is 11.2. The van der Waals surface area contributed by atoms with Crippen LogP contribution in [-0.2, 0) is 10.0 Å². The van der Waals surface area contributed by atoms with E-state index in [0.717, 1.165) is 0 Å². The Morgan fingerprint density at radius 2 is 2.15 bits per heavy atom. The van der Waals surface area contributed by atoms with Crippen LogP contribution in [0.3, 0.4) is 0 Å². The summed E-state index contributed by atoms with van der Waals surface area (Å²) in [5.74, 6) is 2.87. The van der Waals surface area contributed by atoms with Crippen molar-refractivity contribution in [1.29, 1.82) is 0 Å². The Hall–Kier alpha value is -0.240. The summed E-state index contributed by atoms with van der Waals surface area (Å²) in [7, 11) is -3.22. The monoisotopic (exact) mass is 223 g/mol. The molecule has 0 spiro atoms. The molecule has 0 aromatic heterocycles. The molecule has 5 heteroatoms. The number of hydrogen-bond acceptors (Lipinski definition) is 2. The first-order chi connectivity index (χ1) is 6.02. The molecule has 1 N–H and O–H groups in total. The molecule has 0 aliphatic heterocycles.